The summed E-state index contributed by atoms with van der Waals surface area (Å²) in [6, 6.07) is 19.3. The molecule has 9 heteroatoms. The quantitative estimate of drug-likeness (QED) is 0.177. The fraction of sp³-hybridized carbons (Fsp3) is 0.0400. The molecule has 5 rings (SSSR count). The lowest BCUT2D eigenvalue weighted by atomic mass is 10.0. The van der Waals surface area contributed by atoms with Crippen LogP contribution in [0.3, 0.4) is 0 Å². The number of fused-ring (bicyclic) bond motifs is 2. The van der Waals surface area contributed by atoms with E-state index in [1.54, 1.807) is 24.3 Å². The van der Waals surface area contributed by atoms with Crippen LogP contribution in [0.5, 0.6) is 5.88 Å². The molecule has 0 bridgehead atoms. The third-order valence-corrected chi connectivity index (χ3v) is 5.84. The molecule has 0 spiro atoms. The zero-order valence-electron chi connectivity index (χ0n) is 17.8. The number of oxime groups is 1. The number of aromatic amines is 1. The minimum absolute atomic E-state index is 0.0673. The Hall–Kier alpha value is -4.24. The highest BCUT2D eigenvalue weighted by Gasteiger charge is 2.29. The molecule has 8 nitrogen and oxygen atoms in total. The van der Waals surface area contributed by atoms with Crippen LogP contribution in [0.1, 0.15) is 28.4 Å². The van der Waals surface area contributed by atoms with Gasteiger partial charge in [0.25, 0.3) is 0 Å². The van der Waals surface area contributed by atoms with Gasteiger partial charge in [0.05, 0.1) is 16.8 Å². The number of Topliss-reactive ketones (excluding diaryl/α,β-unsaturated/α-hetero) is 1. The highest BCUT2D eigenvalue weighted by atomic mass is 79.9. The highest BCUT2D eigenvalue weighted by Crippen LogP contribution is 2.36. The number of halogens is 1. The van der Waals surface area contributed by atoms with Gasteiger partial charge in [-0.1, -0.05) is 45.4 Å². The predicted molar refractivity (Wildman–Crippen MR) is 133 cm³/mol. The molecule has 168 valence electrons. The monoisotopic (exact) mass is 516 g/mol. The number of benzene rings is 3. The SMILES string of the molecule is CC(=O)c1ccc(NC(=O)O/N=C2/C(c3c(O)[nH]c4cc(Br)ccc34)=Nc3ccccc32)cc1. The van der Waals surface area contributed by atoms with Crippen molar-refractivity contribution in [3.8, 4) is 5.88 Å². The molecule has 3 aromatic carbocycles. The van der Waals surface area contributed by atoms with E-state index in [-0.39, 0.29) is 11.7 Å². The van der Waals surface area contributed by atoms with Gasteiger partial charge in [0.2, 0.25) is 0 Å². The summed E-state index contributed by atoms with van der Waals surface area (Å²) in [6.45, 7) is 1.47. The number of para-hydroxylation sites is 1. The van der Waals surface area contributed by atoms with Crippen LogP contribution >= 0.6 is 15.9 Å². The second-order valence-electron chi connectivity index (χ2n) is 7.59. The van der Waals surface area contributed by atoms with Gasteiger partial charge in [-0.3, -0.25) is 14.9 Å². The van der Waals surface area contributed by atoms with E-state index < -0.39 is 6.09 Å². The van der Waals surface area contributed by atoms with E-state index in [1.165, 1.54) is 6.92 Å². The Morgan fingerprint density at radius 2 is 1.85 bits per heavy atom. The Kier molecular flexibility index (Phi) is 5.46. The molecule has 1 aliphatic heterocycles. The number of nitrogens with one attached hydrogen (secondary N) is 2. The van der Waals surface area contributed by atoms with Crippen molar-refractivity contribution in [2.24, 2.45) is 10.1 Å². The van der Waals surface area contributed by atoms with Crippen LogP contribution in [0.25, 0.3) is 10.9 Å². The molecule has 0 saturated heterocycles. The summed E-state index contributed by atoms with van der Waals surface area (Å²) >= 11 is 3.43. The van der Waals surface area contributed by atoms with Crippen molar-refractivity contribution in [2.45, 2.75) is 6.92 Å². The largest absolute Gasteiger partial charge is 0.494 e. The summed E-state index contributed by atoms with van der Waals surface area (Å²) in [5, 5.41) is 18.1. The first-order chi connectivity index (χ1) is 16.4. The minimum Gasteiger partial charge on any atom is -0.494 e. The van der Waals surface area contributed by atoms with E-state index in [0.717, 1.165) is 9.86 Å². The van der Waals surface area contributed by atoms with E-state index in [4.69, 9.17) is 4.84 Å². The Morgan fingerprint density at radius 3 is 2.62 bits per heavy atom. The van der Waals surface area contributed by atoms with Crippen LogP contribution < -0.4 is 5.32 Å². The van der Waals surface area contributed by atoms with Crippen LogP contribution in [0.15, 0.2) is 81.4 Å². The van der Waals surface area contributed by atoms with Crippen molar-refractivity contribution in [2.75, 3.05) is 5.32 Å². The van der Waals surface area contributed by atoms with Gasteiger partial charge in [0.1, 0.15) is 11.4 Å². The van der Waals surface area contributed by atoms with Gasteiger partial charge in [-0.15, -0.1) is 0 Å². The Labute approximate surface area is 202 Å². The third-order valence-electron chi connectivity index (χ3n) is 5.35. The van der Waals surface area contributed by atoms with Crippen molar-refractivity contribution < 1.29 is 19.5 Å². The van der Waals surface area contributed by atoms with E-state index in [9.17, 15) is 14.7 Å². The van der Waals surface area contributed by atoms with Gasteiger partial charge in [-0.05, 0) is 49.4 Å². The number of aromatic nitrogens is 1. The molecule has 1 aromatic heterocycles. The number of hydrogen-bond acceptors (Lipinski definition) is 6. The molecule has 3 N–H and O–H groups in total. The second-order valence-corrected chi connectivity index (χ2v) is 8.51. The number of hydrogen-bond donors (Lipinski definition) is 3. The van der Waals surface area contributed by atoms with Crippen LogP contribution in [0, 0.1) is 0 Å². The molecule has 34 heavy (non-hydrogen) atoms. The van der Waals surface area contributed by atoms with Crippen molar-refractivity contribution in [1.29, 1.82) is 0 Å². The minimum atomic E-state index is -0.807. The van der Waals surface area contributed by atoms with Crippen molar-refractivity contribution in [1.82, 2.24) is 4.98 Å². The maximum Gasteiger partial charge on any atom is 0.437 e. The standard InChI is InChI=1S/C25H17BrN4O4/c1-13(31)14-6-9-16(10-7-14)27-25(33)34-30-22-18-4-2-3-5-19(18)28-23(22)21-17-11-8-15(26)12-20(17)29-24(21)32/h2-12,29,32H,1H3,(H,27,33)/b30-22+. The summed E-state index contributed by atoms with van der Waals surface area (Å²) < 4.78 is 0.856. The van der Waals surface area contributed by atoms with E-state index in [0.29, 0.717) is 45.0 Å². The molecule has 0 atom stereocenters. The number of aliphatic imine (C=N–C) groups is 1. The van der Waals surface area contributed by atoms with Crippen molar-refractivity contribution in [3.05, 3.63) is 87.9 Å². The Morgan fingerprint density at radius 1 is 1.09 bits per heavy atom. The van der Waals surface area contributed by atoms with Gasteiger partial charge < -0.3 is 10.1 Å². The van der Waals surface area contributed by atoms with Crippen molar-refractivity contribution in [3.63, 3.8) is 0 Å². The fourth-order valence-corrected chi connectivity index (χ4v) is 4.11. The number of carbonyl (C=O) groups excluding carboxylic acids is 2. The Balaban J connectivity index is 1.47. The summed E-state index contributed by atoms with van der Waals surface area (Å²) in [5.74, 6) is -0.137. The fourth-order valence-electron chi connectivity index (χ4n) is 3.75. The molecule has 0 fully saturated rings. The topological polar surface area (TPSA) is 116 Å². The average Bonchev–Trinajstić information content (AvgIpc) is 3.33. The molecule has 0 saturated carbocycles. The maximum atomic E-state index is 12.4. The van der Waals surface area contributed by atoms with E-state index in [1.807, 2.05) is 42.5 Å². The normalized spacial score (nSPS) is 13.6. The molecule has 0 aliphatic carbocycles. The molecular weight excluding hydrogens is 500 g/mol. The van der Waals surface area contributed by atoms with Crippen LogP contribution in [0.2, 0.25) is 0 Å². The first-order valence-corrected chi connectivity index (χ1v) is 11.1. The van der Waals surface area contributed by atoms with Gasteiger partial charge in [0, 0.05) is 26.7 Å². The lowest BCUT2D eigenvalue weighted by Crippen LogP contribution is -2.17. The summed E-state index contributed by atoms with van der Waals surface area (Å²) in [4.78, 5) is 36.6. The van der Waals surface area contributed by atoms with Gasteiger partial charge in [-0.2, -0.15) is 0 Å². The Bertz CT molecular complexity index is 1520. The number of ketones is 1. The molecule has 1 amide bonds. The molecule has 4 aromatic rings. The molecule has 0 radical (unpaired) electrons. The van der Waals surface area contributed by atoms with Gasteiger partial charge in [0.15, 0.2) is 11.7 Å². The number of aromatic hydroxyl groups is 1. The van der Waals surface area contributed by atoms with E-state index in [2.05, 4.69) is 36.4 Å². The van der Waals surface area contributed by atoms with Crippen LogP contribution in [-0.2, 0) is 4.84 Å². The number of nitrogens with zero attached hydrogens (tertiary/aromatic N) is 2. The smallest absolute Gasteiger partial charge is 0.437 e. The summed E-state index contributed by atoms with van der Waals surface area (Å²) in [6.07, 6.45) is -0.807. The number of rotatable bonds is 4. The van der Waals surface area contributed by atoms with Crippen molar-refractivity contribution >= 4 is 61.5 Å². The third kappa shape index (κ3) is 3.97. The van der Waals surface area contributed by atoms with E-state index >= 15 is 0 Å². The van der Waals surface area contributed by atoms with Crippen LogP contribution in [0.4, 0.5) is 16.2 Å². The summed E-state index contributed by atoms with van der Waals surface area (Å²) in [7, 11) is 0. The number of carbonyl (C=O) groups is 2. The zero-order valence-corrected chi connectivity index (χ0v) is 19.4. The lowest BCUT2D eigenvalue weighted by molar-refractivity contribution is 0.101. The predicted octanol–water partition coefficient (Wildman–Crippen LogP) is 5.93. The van der Waals surface area contributed by atoms with Gasteiger partial charge >= 0.3 is 6.09 Å². The van der Waals surface area contributed by atoms with Crippen LogP contribution in [-0.4, -0.2) is 33.4 Å². The molecule has 1 aliphatic rings. The first kappa shape index (κ1) is 21.6. The lowest BCUT2D eigenvalue weighted by Gasteiger charge is -2.06. The average molecular weight is 517 g/mol. The number of H-pyrrole nitrogens is 1. The number of amides is 1. The van der Waals surface area contributed by atoms with Gasteiger partial charge in [-0.25, -0.2) is 9.79 Å². The molecule has 2 heterocycles. The summed E-state index contributed by atoms with van der Waals surface area (Å²) in [5.41, 5.74) is 4.17. The maximum absolute atomic E-state index is 12.4. The molecule has 0 unspecified atom stereocenters. The first-order valence-electron chi connectivity index (χ1n) is 10.3. The molecular formula is C25H17BrN4O4. The highest BCUT2D eigenvalue weighted by molar-refractivity contribution is 9.10. The zero-order chi connectivity index (χ0) is 23.8. The number of anilines is 1. The second kappa shape index (κ2) is 8.60.